The highest BCUT2D eigenvalue weighted by atomic mass is 28.3. The van der Waals surface area contributed by atoms with Crippen LogP contribution in [-0.2, 0) is 15.9 Å². The molecule has 116 valence electrons. The molecule has 0 bridgehead atoms. The minimum atomic E-state index is -1.21. The highest BCUT2D eigenvalue weighted by molar-refractivity contribution is 6.81. The first-order valence-electron chi connectivity index (χ1n) is 7.92. The van der Waals surface area contributed by atoms with Crippen molar-refractivity contribution >= 4 is 8.07 Å². The summed E-state index contributed by atoms with van der Waals surface area (Å²) < 4.78 is 11.6. The molecule has 2 atom stereocenters. The van der Waals surface area contributed by atoms with Crippen LogP contribution >= 0.6 is 0 Å². The van der Waals surface area contributed by atoms with Gasteiger partial charge < -0.3 is 9.47 Å². The maximum Gasteiger partial charge on any atom is 0.158 e. The Balaban J connectivity index is 2.05. The second-order valence-corrected chi connectivity index (χ2v) is 12.0. The number of hydrogen-bond donors (Lipinski definition) is 0. The number of methoxy groups -OCH3 is 1. The van der Waals surface area contributed by atoms with E-state index in [2.05, 4.69) is 55.7 Å². The van der Waals surface area contributed by atoms with E-state index in [0.717, 1.165) is 25.7 Å². The van der Waals surface area contributed by atoms with Crippen LogP contribution in [0.5, 0.6) is 0 Å². The van der Waals surface area contributed by atoms with Crippen molar-refractivity contribution in [1.82, 2.24) is 0 Å². The van der Waals surface area contributed by atoms with Gasteiger partial charge in [-0.05, 0) is 30.4 Å². The van der Waals surface area contributed by atoms with Gasteiger partial charge in [0.2, 0.25) is 0 Å². The first-order valence-corrected chi connectivity index (χ1v) is 11.5. The fraction of sp³-hybridized carbons (Fsp3) is 0.556. The van der Waals surface area contributed by atoms with E-state index in [4.69, 9.17) is 9.47 Å². The molecule has 1 aromatic rings. The summed E-state index contributed by atoms with van der Waals surface area (Å²) in [5, 5.41) is 0. The highest BCUT2D eigenvalue weighted by Crippen LogP contribution is 2.29. The van der Waals surface area contributed by atoms with E-state index in [0.29, 0.717) is 0 Å². The Kier molecular flexibility index (Phi) is 5.79. The van der Waals surface area contributed by atoms with Gasteiger partial charge in [-0.15, -0.1) is 0 Å². The Hall–Kier alpha value is -0.903. The van der Waals surface area contributed by atoms with Crippen LogP contribution in [0, 0.1) is 0 Å². The molecule has 3 heteroatoms. The zero-order valence-electron chi connectivity index (χ0n) is 13.8. The summed E-state index contributed by atoms with van der Waals surface area (Å²) in [5.74, 6) is 0. The minimum Gasteiger partial charge on any atom is -0.356 e. The average molecular weight is 305 g/mol. The lowest BCUT2D eigenvalue weighted by Crippen LogP contribution is -2.33. The SMILES string of the molecule is COC1CC/C(=C\[Si](C)(C)C)C(CCc2ccccc2)O1. The molecule has 0 spiro atoms. The van der Waals surface area contributed by atoms with Crippen molar-refractivity contribution in [2.45, 2.75) is 57.7 Å². The van der Waals surface area contributed by atoms with Gasteiger partial charge in [-0.2, -0.15) is 0 Å². The predicted molar refractivity (Wildman–Crippen MR) is 91.1 cm³/mol. The number of rotatable bonds is 5. The summed E-state index contributed by atoms with van der Waals surface area (Å²) >= 11 is 0. The maximum atomic E-state index is 6.15. The molecule has 1 aliphatic heterocycles. The normalized spacial score (nSPS) is 25.2. The van der Waals surface area contributed by atoms with E-state index >= 15 is 0 Å². The molecule has 1 aromatic carbocycles. The zero-order valence-corrected chi connectivity index (χ0v) is 14.8. The monoisotopic (exact) mass is 304 g/mol. The van der Waals surface area contributed by atoms with Crippen molar-refractivity contribution < 1.29 is 9.47 Å². The molecule has 0 saturated carbocycles. The van der Waals surface area contributed by atoms with Crippen LogP contribution in [0.2, 0.25) is 19.6 Å². The molecule has 0 aromatic heterocycles. The van der Waals surface area contributed by atoms with Crippen LogP contribution in [0.1, 0.15) is 24.8 Å². The molecule has 1 fully saturated rings. The third-order valence-electron chi connectivity index (χ3n) is 3.82. The minimum absolute atomic E-state index is 0.0374. The predicted octanol–water partition coefficient (Wildman–Crippen LogP) is 4.57. The third kappa shape index (κ3) is 5.42. The first-order chi connectivity index (χ1) is 9.98. The van der Waals surface area contributed by atoms with Crippen LogP contribution in [0.3, 0.4) is 0 Å². The Labute approximate surface area is 130 Å². The Morgan fingerprint density at radius 2 is 1.95 bits per heavy atom. The van der Waals surface area contributed by atoms with Gasteiger partial charge >= 0.3 is 0 Å². The van der Waals surface area contributed by atoms with E-state index < -0.39 is 8.07 Å². The number of benzene rings is 1. The smallest absolute Gasteiger partial charge is 0.158 e. The van der Waals surface area contributed by atoms with Gasteiger partial charge in [0.15, 0.2) is 6.29 Å². The van der Waals surface area contributed by atoms with Crippen molar-refractivity contribution in [2.75, 3.05) is 7.11 Å². The molecule has 21 heavy (non-hydrogen) atoms. The summed E-state index contributed by atoms with van der Waals surface area (Å²) in [5.41, 5.74) is 5.40. The van der Waals surface area contributed by atoms with Gasteiger partial charge in [0.1, 0.15) is 0 Å². The molecular weight excluding hydrogens is 276 g/mol. The van der Waals surface area contributed by atoms with Crippen molar-refractivity contribution in [1.29, 1.82) is 0 Å². The summed E-state index contributed by atoms with van der Waals surface area (Å²) in [7, 11) is 0.532. The lowest BCUT2D eigenvalue weighted by atomic mass is 9.97. The fourth-order valence-electron chi connectivity index (χ4n) is 2.87. The van der Waals surface area contributed by atoms with E-state index in [1.54, 1.807) is 7.11 Å². The lowest BCUT2D eigenvalue weighted by Gasteiger charge is -2.33. The van der Waals surface area contributed by atoms with Crippen molar-refractivity contribution in [3.05, 3.63) is 47.2 Å². The topological polar surface area (TPSA) is 18.5 Å². The summed E-state index contributed by atoms with van der Waals surface area (Å²) in [6.45, 7) is 7.16. The Morgan fingerprint density at radius 1 is 1.24 bits per heavy atom. The molecule has 1 heterocycles. The van der Waals surface area contributed by atoms with E-state index in [1.165, 1.54) is 11.1 Å². The second kappa shape index (κ2) is 7.39. The maximum absolute atomic E-state index is 6.15. The average Bonchev–Trinajstić information content (AvgIpc) is 2.46. The summed E-state index contributed by atoms with van der Waals surface area (Å²) in [6, 6.07) is 10.7. The van der Waals surface area contributed by atoms with Crippen molar-refractivity contribution in [3.63, 3.8) is 0 Å². The number of hydrogen-bond acceptors (Lipinski definition) is 2. The molecule has 1 saturated heterocycles. The molecule has 2 rings (SSSR count). The Morgan fingerprint density at radius 3 is 2.57 bits per heavy atom. The number of ether oxygens (including phenoxy) is 2. The van der Waals surface area contributed by atoms with Crippen LogP contribution in [-0.4, -0.2) is 27.6 Å². The van der Waals surface area contributed by atoms with E-state index in [-0.39, 0.29) is 12.4 Å². The molecule has 2 unspecified atom stereocenters. The first kappa shape index (κ1) is 16.5. The van der Waals surface area contributed by atoms with Gasteiger partial charge in [-0.3, -0.25) is 0 Å². The lowest BCUT2D eigenvalue weighted by molar-refractivity contribution is -0.164. The largest absolute Gasteiger partial charge is 0.356 e. The second-order valence-electron chi connectivity index (χ2n) is 6.94. The third-order valence-corrected chi connectivity index (χ3v) is 5.05. The molecule has 0 radical (unpaired) electrons. The molecule has 1 aliphatic rings. The fourth-order valence-corrected chi connectivity index (χ4v) is 4.32. The van der Waals surface area contributed by atoms with Crippen LogP contribution in [0.25, 0.3) is 0 Å². The Bertz CT molecular complexity index is 462. The summed E-state index contributed by atoms with van der Waals surface area (Å²) in [6.07, 6.45) is 4.38. The van der Waals surface area contributed by atoms with Crippen LogP contribution in [0.15, 0.2) is 41.6 Å². The molecule has 0 amide bonds. The van der Waals surface area contributed by atoms with E-state index in [9.17, 15) is 0 Å². The standard InChI is InChI=1S/C18H28O2Si/c1-19-18-13-11-16(14-21(2,3)4)17(20-18)12-10-15-8-6-5-7-9-15/h5-9,14,17-18H,10-13H2,1-4H3/b16-14+. The van der Waals surface area contributed by atoms with Crippen LogP contribution in [0.4, 0.5) is 0 Å². The number of aryl methyl sites for hydroxylation is 1. The van der Waals surface area contributed by atoms with Crippen LogP contribution < -0.4 is 0 Å². The molecule has 0 N–H and O–H groups in total. The zero-order chi connectivity index (χ0) is 15.3. The van der Waals surface area contributed by atoms with Crippen molar-refractivity contribution in [3.8, 4) is 0 Å². The quantitative estimate of drug-likeness (QED) is 0.742. The van der Waals surface area contributed by atoms with Gasteiger partial charge in [-0.25, -0.2) is 0 Å². The van der Waals surface area contributed by atoms with Gasteiger partial charge in [0, 0.05) is 13.5 Å². The van der Waals surface area contributed by atoms with Gasteiger partial charge in [-0.1, -0.05) is 55.7 Å². The van der Waals surface area contributed by atoms with Gasteiger partial charge in [0.25, 0.3) is 0 Å². The molecular formula is C18H28O2Si. The van der Waals surface area contributed by atoms with E-state index in [1.807, 2.05) is 0 Å². The van der Waals surface area contributed by atoms with Crippen molar-refractivity contribution in [2.24, 2.45) is 0 Å². The highest BCUT2D eigenvalue weighted by Gasteiger charge is 2.27. The molecule has 2 nitrogen and oxygen atoms in total. The van der Waals surface area contributed by atoms with Gasteiger partial charge in [0.05, 0.1) is 14.2 Å². The summed E-state index contributed by atoms with van der Waals surface area (Å²) in [4.78, 5) is 0. The molecule has 0 aliphatic carbocycles.